The highest BCUT2D eigenvalue weighted by atomic mass is 35.5. The van der Waals surface area contributed by atoms with E-state index in [1.807, 2.05) is 0 Å². The third kappa shape index (κ3) is 3.35. The summed E-state index contributed by atoms with van der Waals surface area (Å²) in [6, 6.07) is 10.5. The minimum Gasteiger partial charge on any atom is -0.324 e. The van der Waals surface area contributed by atoms with Crippen LogP contribution < -0.4 is 10.2 Å². The van der Waals surface area contributed by atoms with E-state index in [0.29, 0.717) is 23.0 Å². The molecular weight excluding hydrogens is 433 g/mol. The molecule has 0 radical (unpaired) electrons. The predicted molar refractivity (Wildman–Crippen MR) is 112 cm³/mol. The number of hydrogen-bond donors (Lipinski definition) is 1. The number of hydrogen-bond acceptors (Lipinski definition) is 5. The van der Waals surface area contributed by atoms with Crippen molar-refractivity contribution in [3.8, 4) is 0 Å². The average molecular weight is 446 g/mol. The van der Waals surface area contributed by atoms with Crippen LogP contribution in [0, 0.1) is 5.82 Å². The Bertz CT molecular complexity index is 1170. The molecule has 2 aromatic carbocycles. The predicted octanol–water partition coefficient (Wildman–Crippen LogP) is 3.50. The molecule has 0 bridgehead atoms. The SMILES string of the molecule is CN1C(=O)/C(=C2/SC(=O)N(CC(=O)Nc3ccc(F)c(Cl)c3)C2=O)c2ccccc21. The van der Waals surface area contributed by atoms with E-state index < -0.39 is 35.3 Å². The van der Waals surface area contributed by atoms with Crippen LogP contribution in [0.1, 0.15) is 5.56 Å². The lowest BCUT2D eigenvalue weighted by atomic mass is 10.1. The molecule has 2 aromatic rings. The van der Waals surface area contributed by atoms with E-state index in [1.165, 1.54) is 17.0 Å². The molecule has 7 nitrogen and oxygen atoms in total. The molecule has 0 aliphatic carbocycles. The molecule has 0 saturated carbocycles. The van der Waals surface area contributed by atoms with Gasteiger partial charge in [-0.05, 0) is 36.0 Å². The fourth-order valence-corrected chi connectivity index (χ4v) is 4.30. The number of nitrogens with zero attached hydrogens (tertiary/aromatic N) is 2. The summed E-state index contributed by atoms with van der Waals surface area (Å²) in [5.41, 5.74) is 1.55. The molecule has 0 unspecified atom stereocenters. The van der Waals surface area contributed by atoms with Gasteiger partial charge in [0.15, 0.2) is 0 Å². The maximum atomic E-state index is 13.2. The van der Waals surface area contributed by atoms with Crippen LogP contribution in [-0.2, 0) is 14.4 Å². The normalized spacial score (nSPS) is 18.3. The first-order valence-corrected chi connectivity index (χ1v) is 9.87. The smallest absolute Gasteiger partial charge is 0.294 e. The highest BCUT2D eigenvalue weighted by Gasteiger charge is 2.43. The quantitative estimate of drug-likeness (QED) is 0.731. The summed E-state index contributed by atoms with van der Waals surface area (Å²) in [6.45, 7) is -0.553. The number of fused-ring (bicyclic) bond motifs is 1. The summed E-state index contributed by atoms with van der Waals surface area (Å²) in [7, 11) is 1.58. The van der Waals surface area contributed by atoms with E-state index in [1.54, 1.807) is 31.3 Å². The van der Waals surface area contributed by atoms with Crippen LogP contribution in [0.15, 0.2) is 47.4 Å². The minimum atomic E-state index is -0.717. The number of benzene rings is 2. The van der Waals surface area contributed by atoms with Crippen LogP contribution in [0.3, 0.4) is 0 Å². The minimum absolute atomic E-state index is 0.0144. The Labute approximate surface area is 179 Å². The third-order valence-electron chi connectivity index (χ3n) is 4.63. The van der Waals surface area contributed by atoms with Crippen molar-refractivity contribution < 1.29 is 23.6 Å². The Morgan fingerprint density at radius 2 is 1.87 bits per heavy atom. The molecule has 30 heavy (non-hydrogen) atoms. The van der Waals surface area contributed by atoms with Gasteiger partial charge in [0.1, 0.15) is 12.4 Å². The molecule has 0 atom stereocenters. The second-order valence-corrected chi connectivity index (χ2v) is 7.89. The zero-order valence-corrected chi connectivity index (χ0v) is 17.0. The molecule has 4 rings (SSSR count). The molecular formula is C20H13ClFN3O4S. The van der Waals surface area contributed by atoms with Crippen molar-refractivity contribution >= 4 is 63.3 Å². The van der Waals surface area contributed by atoms with Gasteiger partial charge in [0, 0.05) is 18.3 Å². The van der Waals surface area contributed by atoms with Crippen molar-refractivity contribution in [1.29, 1.82) is 0 Å². The average Bonchev–Trinajstić information content (AvgIpc) is 3.12. The largest absolute Gasteiger partial charge is 0.324 e. The van der Waals surface area contributed by atoms with E-state index in [2.05, 4.69) is 5.32 Å². The van der Waals surface area contributed by atoms with Crippen LogP contribution in [0.2, 0.25) is 5.02 Å². The first-order valence-electron chi connectivity index (χ1n) is 8.68. The van der Waals surface area contributed by atoms with E-state index in [-0.39, 0.29) is 21.2 Å². The van der Waals surface area contributed by atoms with E-state index >= 15 is 0 Å². The van der Waals surface area contributed by atoms with Crippen molar-refractivity contribution in [2.75, 3.05) is 23.8 Å². The van der Waals surface area contributed by atoms with Gasteiger partial charge in [-0.3, -0.25) is 24.1 Å². The number of carbonyl (C=O) groups excluding carboxylic acids is 4. The zero-order chi connectivity index (χ0) is 21.6. The lowest BCUT2D eigenvalue weighted by molar-refractivity contribution is -0.127. The monoisotopic (exact) mass is 445 g/mol. The fraction of sp³-hybridized carbons (Fsp3) is 0.100. The van der Waals surface area contributed by atoms with Gasteiger partial charge >= 0.3 is 0 Å². The van der Waals surface area contributed by atoms with Crippen LogP contribution in [0.5, 0.6) is 0 Å². The number of carbonyl (C=O) groups is 4. The molecule has 0 spiro atoms. The van der Waals surface area contributed by atoms with Gasteiger partial charge in [-0.15, -0.1) is 0 Å². The first-order chi connectivity index (χ1) is 14.3. The summed E-state index contributed by atoms with van der Waals surface area (Å²) in [5, 5.41) is 1.62. The summed E-state index contributed by atoms with van der Waals surface area (Å²) < 4.78 is 13.2. The lowest BCUT2D eigenvalue weighted by Gasteiger charge is -2.13. The van der Waals surface area contributed by atoms with Crippen LogP contribution in [0.25, 0.3) is 5.57 Å². The number of imide groups is 1. The third-order valence-corrected chi connectivity index (χ3v) is 5.90. The van der Waals surface area contributed by atoms with Gasteiger partial charge in [0.05, 0.1) is 21.2 Å². The number of amides is 4. The number of rotatable bonds is 3. The highest BCUT2D eigenvalue weighted by Crippen LogP contribution is 2.43. The topological polar surface area (TPSA) is 86.8 Å². The number of halogens is 2. The van der Waals surface area contributed by atoms with Crippen molar-refractivity contribution in [1.82, 2.24) is 4.90 Å². The molecule has 1 N–H and O–H groups in total. The molecule has 1 fully saturated rings. The molecule has 1 saturated heterocycles. The summed E-state index contributed by atoms with van der Waals surface area (Å²) in [4.78, 5) is 52.4. The van der Waals surface area contributed by atoms with Crippen LogP contribution >= 0.6 is 23.4 Å². The number of anilines is 2. The Morgan fingerprint density at radius 1 is 1.13 bits per heavy atom. The molecule has 0 aromatic heterocycles. The molecule has 2 heterocycles. The van der Waals surface area contributed by atoms with Crippen molar-refractivity contribution in [2.45, 2.75) is 0 Å². The fourth-order valence-electron chi connectivity index (χ4n) is 3.19. The molecule has 2 aliphatic heterocycles. The second kappa shape index (κ2) is 7.58. The summed E-state index contributed by atoms with van der Waals surface area (Å²) >= 11 is 6.30. The molecule has 2 aliphatic rings. The molecule has 4 amide bonds. The zero-order valence-electron chi connectivity index (χ0n) is 15.4. The number of thioether (sulfide) groups is 1. The summed E-state index contributed by atoms with van der Waals surface area (Å²) in [6.07, 6.45) is 0. The highest BCUT2D eigenvalue weighted by molar-refractivity contribution is 8.18. The van der Waals surface area contributed by atoms with Gasteiger partial charge in [-0.2, -0.15) is 0 Å². The van der Waals surface area contributed by atoms with Crippen molar-refractivity contribution in [3.63, 3.8) is 0 Å². The van der Waals surface area contributed by atoms with Gasteiger partial charge in [-0.1, -0.05) is 29.8 Å². The number of para-hydroxylation sites is 1. The van der Waals surface area contributed by atoms with Gasteiger partial charge < -0.3 is 10.2 Å². The van der Waals surface area contributed by atoms with Gasteiger partial charge in [0.2, 0.25) is 5.91 Å². The van der Waals surface area contributed by atoms with E-state index in [9.17, 15) is 23.6 Å². The van der Waals surface area contributed by atoms with Gasteiger partial charge in [0.25, 0.3) is 17.1 Å². The molecule has 152 valence electrons. The summed E-state index contributed by atoms with van der Waals surface area (Å²) in [5.74, 6) is -2.42. The Kier molecular flexibility index (Phi) is 5.08. The van der Waals surface area contributed by atoms with E-state index in [0.717, 1.165) is 11.0 Å². The lowest BCUT2D eigenvalue weighted by Crippen LogP contribution is -2.36. The Morgan fingerprint density at radius 3 is 2.60 bits per heavy atom. The maximum absolute atomic E-state index is 13.2. The second-order valence-electron chi connectivity index (χ2n) is 6.52. The molecule has 10 heteroatoms. The van der Waals surface area contributed by atoms with Crippen molar-refractivity contribution in [3.05, 3.63) is 63.8 Å². The number of nitrogens with one attached hydrogen (secondary N) is 1. The standard InChI is InChI=1S/C20H13ClFN3O4S/c1-24-14-5-3-2-4-11(14)16(18(24)27)17-19(28)25(20(29)30-17)9-15(26)23-10-6-7-13(22)12(21)8-10/h2-8H,9H2,1H3,(H,23,26)/b17-16+. The van der Waals surface area contributed by atoms with Crippen molar-refractivity contribution in [2.24, 2.45) is 0 Å². The Balaban J connectivity index is 1.58. The first kappa shape index (κ1) is 20.1. The maximum Gasteiger partial charge on any atom is 0.294 e. The number of likely N-dealkylation sites (N-methyl/N-ethyl adjacent to an activating group) is 1. The van der Waals surface area contributed by atoms with E-state index in [4.69, 9.17) is 11.6 Å². The van der Waals surface area contributed by atoms with Crippen LogP contribution in [0.4, 0.5) is 20.6 Å². The van der Waals surface area contributed by atoms with Gasteiger partial charge in [-0.25, -0.2) is 4.39 Å². The Hall–Kier alpha value is -3.17. The van der Waals surface area contributed by atoms with Crippen LogP contribution in [-0.4, -0.2) is 41.5 Å².